The quantitative estimate of drug-likeness (QED) is 0.750. The van der Waals surface area contributed by atoms with Crippen molar-refractivity contribution in [3.05, 3.63) is 23.0 Å². The molecular formula is C13H19N3O5. The molecule has 0 atom stereocenters. The van der Waals surface area contributed by atoms with E-state index in [1.165, 1.54) is 10.7 Å². The molecule has 0 saturated heterocycles. The highest BCUT2D eigenvalue weighted by atomic mass is 16.5. The molecule has 8 nitrogen and oxygen atoms in total. The average Bonchev–Trinajstić information content (AvgIpc) is 2.68. The average molecular weight is 297 g/mol. The molecule has 1 aromatic rings. The highest BCUT2D eigenvalue weighted by molar-refractivity contribution is 5.92. The zero-order valence-electron chi connectivity index (χ0n) is 12.3. The summed E-state index contributed by atoms with van der Waals surface area (Å²) < 4.78 is 11.1. The molecular weight excluding hydrogens is 278 g/mol. The molecule has 3 N–H and O–H groups in total. The Bertz CT molecular complexity index is 550. The number of hydrogen-bond acceptors (Lipinski definition) is 5. The minimum Gasteiger partial charge on any atom is -0.466 e. The van der Waals surface area contributed by atoms with Crippen molar-refractivity contribution in [1.29, 1.82) is 0 Å². The van der Waals surface area contributed by atoms with Gasteiger partial charge in [0.05, 0.1) is 36.6 Å². The minimum atomic E-state index is -0.811. The van der Waals surface area contributed by atoms with E-state index in [1.54, 1.807) is 20.8 Å². The van der Waals surface area contributed by atoms with Crippen molar-refractivity contribution in [3.8, 4) is 0 Å². The summed E-state index contributed by atoms with van der Waals surface area (Å²) in [5.74, 6) is -1.01. The molecule has 0 saturated carbocycles. The molecule has 1 heterocycles. The summed E-state index contributed by atoms with van der Waals surface area (Å²) in [4.78, 5) is 34.5. The van der Waals surface area contributed by atoms with Crippen LogP contribution in [0.5, 0.6) is 0 Å². The lowest BCUT2D eigenvalue weighted by atomic mass is 10.2. The molecule has 0 aromatic carbocycles. The van der Waals surface area contributed by atoms with Crippen LogP contribution in [-0.2, 0) is 20.7 Å². The number of carbonyl (C=O) groups excluding carboxylic acids is 3. The van der Waals surface area contributed by atoms with Gasteiger partial charge in [0, 0.05) is 0 Å². The van der Waals surface area contributed by atoms with Gasteiger partial charge in [-0.3, -0.25) is 9.47 Å². The van der Waals surface area contributed by atoms with Crippen LogP contribution in [0.4, 0.5) is 4.79 Å². The molecule has 116 valence electrons. The number of urea groups is 1. The summed E-state index contributed by atoms with van der Waals surface area (Å²) in [6.45, 7) is 5.45. The fraction of sp³-hybridized carbons (Fsp3) is 0.462. The lowest BCUT2D eigenvalue weighted by molar-refractivity contribution is -0.142. The van der Waals surface area contributed by atoms with Crippen LogP contribution in [0.1, 0.15) is 35.6 Å². The van der Waals surface area contributed by atoms with Crippen LogP contribution >= 0.6 is 0 Å². The van der Waals surface area contributed by atoms with Crippen LogP contribution in [0.3, 0.4) is 0 Å². The molecule has 0 aliphatic heterocycles. The molecule has 0 bridgehead atoms. The van der Waals surface area contributed by atoms with E-state index in [0.29, 0.717) is 11.4 Å². The molecule has 0 aliphatic rings. The van der Waals surface area contributed by atoms with Crippen molar-refractivity contribution in [1.82, 2.24) is 4.68 Å². The standard InChI is InChI=1S/C13H19N3O5/c1-4-20-11(17)7-9-6-10(12(18)21-5-2)8(3)16(9)15-13(14)19/h6H,4-5,7H2,1-3H3,(H3,14,15,19). The van der Waals surface area contributed by atoms with E-state index in [2.05, 4.69) is 5.43 Å². The Balaban J connectivity index is 3.14. The van der Waals surface area contributed by atoms with Gasteiger partial charge >= 0.3 is 18.0 Å². The molecule has 0 spiro atoms. The molecule has 0 fully saturated rings. The molecule has 0 aliphatic carbocycles. The second kappa shape index (κ2) is 7.32. The van der Waals surface area contributed by atoms with Gasteiger partial charge in [-0.1, -0.05) is 0 Å². The molecule has 1 rings (SSSR count). The third-order valence-corrected chi connectivity index (χ3v) is 2.67. The highest BCUT2D eigenvalue weighted by Gasteiger charge is 2.21. The molecule has 2 amide bonds. The maximum absolute atomic E-state index is 11.8. The number of esters is 2. The predicted octanol–water partition coefficient (Wildman–Crippen LogP) is 0.701. The normalized spacial score (nSPS) is 10.0. The zero-order valence-corrected chi connectivity index (χ0v) is 12.3. The van der Waals surface area contributed by atoms with Crippen molar-refractivity contribution >= 4 is 18.0 Å². The monoisotopic (exact) mass is 297 g/mol. The van der Waals surface area contributed by atoms with Gasteiger partial charge in [0.25, 0.3) is 0 Å². The van der Waals surface area contributed by atoms with Crippen LogP contribution in [0, 0.1) is 6.92 Å². The smallest absolute Gasteiger partial charge is 0.340 e. The second-order valence-electron chi connectivity index (χ2n) is 4.15. The summed E-state index contributed by atoms with van der Waals surface area (Å²) in [5.41, 5.74) is 8.50. The van der Waals surface area contributed by atoms with E-state index in [0.717, 1.165) is 0 Å². The second-order valence-corrected chi connectivity index (χ2v) is 4.15. The van der Waals surface area contributed by atoms with E-state index < -0.39 is 18.0 Å². The van der Waals surface area contributed by atoms with E-state index in [1.807, 2.05) is 0 Å². The third-order valence-electron chi connectivity index (χ3n) is 2.67. The van der Waals surface area contributed by atoms with Crippen LogP contribution in [0.25, 0.3) is 0 Å². The Hall–Kier alpha value is -2.51. The van der Waals surface area contributed by atoms with Gasteiger partial charge in [-0.25, -0.2) is 15.0 Å². The molecule has 0 unspecified atom stereocenters. The Morgan fingerprint density at radius 3 is 2.38 bits per heavy atom. The first-order chi connectivity index (χ1) is 9.90. The Morgan fingerprint density at radius 2 is 1.86 bits per heavy atom. The number of nitrogens with two attached hydrogens (primary N) is 1. The molecule has 0 radical (unpaired) electrons. The van der Waals surface area contributed by atoms with Gasteiger partial charge in [-0.2, -0.15) is 0 Å². The summed E-state index contributed by atoms with van der Waals surface area (Å²) in [7, 11) is 0. The van der Waals surface area contributed by atoms with E-state index in [9.17, 15) is 14.4 Å². The number of ether oxygens (including phenoxy) is 2. The van der Waals surface area contributed by atoms with Gasteiger partial charge in [-0.05, 0) is 26.8 Å². The van der Waals surface area contributed by atoms with Crippen LogP contribution in [0.2, 0.25) is 0 Å². The Labute approximate surface area is 122 Å². The Morgan fingerprint density at radius 1 is 1.24 bits per heavy atom. The predicted molar refractivity (Wildman–Crippen MR) is 74.4 cm³/mol. The van der Waals surface area contributed by atoms with Gasteiger partial charge in [0.1, 0.15) is 0 Å². The van der Waals surface area contributed by atoms with Gasteiger partial charge < -0.3 is 15.2 Å². The van der Waals surface area contributed by atoms with Crippen molar-refractivity contribution in [2.75, 3.05) is 18.6 Å². The van der Waals surface area contributed by atoms with Crippen LogP contribution in [0.15, 0.2) is 6.07 Å². The van der Waals surface area contributed by atoms with E-state index in [4.69, 9.17) is 15.2 Å². The van der Waals surface area contributed by atoms with Gasteiger partial charge in [0.2, 0.25) is 0 Å². The molecule has 21 heavy (non-hydrogen) atoms. The van der Waals surface area contributed by atoms with Crippen molar-refractivity contribution in [2.45, 2.75) is 27.2 Å². The first-order valence-electron chi connectivity index (χ1n) is 6.51. The number of carbonyl (C=O) groups is 3. The van der Waals surface area contributed by atoms with Crippen LogP contribution < -0.4 is 11.2 Å². The van der Waals surface area contributed by atoms with Gasteiger partial charge in [0.15, 0.2) is 0 Å². The Kier molecular flexibility index (Phi) is 5.77. The number of hydrogen-bond donors (Lipinski definition) is 2. The third kappa shape index (κ3) is 4.23. The number of amides is 2. The fourth-order valence-corrected chi connectivity index (χ4v) is 1.84. The topological polar surface area (TPSA) is 113 Å². The van der Waals surface area contributed by atoms with Crippen molar-refractivity contribution in [3.63, 3.8) is 0 Å². The van der Waals surface area contributed by atoms with E-state index in [-0.39, 0.29) is 25.2 Å². The fourth-order valence-electron chi connectivity index (χ4n) is 1.84. The SMILES string of the molecule is CCOC(=O)Cc1cc(C(=O)OCC)c(C)n1NC(N)=O. The largest absolute Gasteiger partial charge is 0.466 e. The summed E-state index contributed by atoms with van der Waals surface area (Å²) in [6, 6.07) is 0.661. The summed E-state index contributed by atoms with van der Waals surface area (Å²) in [6.07, 6.45) is -0.103. The van der Waals surface area contributed by atoms with Crippen molar-refractivity contribution in [2.24, 2.45) is 5.73 Å². The number of rotatable bonds is 6. The summed E-state index contributed by atoms with van der Waals surface area (Å²) >= 11 is 0. The van der Waals surface area contributed by atoms with Crippen molar-refractivity contribution < 1.29 is 23.9 Å². The molecule has 1 aromatic heterocycles. The highest BCUT2D eigenvalue weighted by Crippen LogP contribution is 2.16. The van der Waals surface area contributed by atoms with Crippen LogP contribution in [-0.4, -0.2) is 35.9 Å². The number of primary amides is 1. The lowest BCUT2D eigenvalue weighted by Gasteiger charge is -2.11. The zero-order chi connectivity index (χ0) is 16.0. The first-order valence-corrected chi connectivity index (χ1v) is 6.51. The molecule has 8 heteroatoms. The number of nitrogens with zero attached hydrogens (tertiary/aromatic N) is 1. The lowest BCUT2D eigenvalue weighted by Crippen LogP contribution is -2.31. The summed E-state index contributed by atoms with van der Waals surface area (Å²) in [5, 5.41) is 0. The number of aromatic nitrogens is 1. The first kappa shape index (κ1) is 16.5. The van der Waals surface area contributed by atoms with Gasteiger partial charge in [-0.15, -0.1) is 0 Å². The maximum Gasteiger partial charge on any atom is 0.340 e. The number of nitrogens with one attached hydrogen (secondary N) is 1. The minimum absolute atomic E-state index is 0.103. The maximum atomic E-state index is 11.8. The van der Waals surface area contributed by atoms with E-state index >= 15 is 0 Å².